The van der Waals surface area contributed by atoms with Crippen molar-refractivity contribution >= 4 is 5.69 Å². The zero-order valence-electron chi connectivity index (χ0n) is 7.32. The van der Waals surface area contributed by atoms with Gasteiger partial charge in [-0.1, -0.05) is 6.07 Å². The molecule has 0 N–H and O–H groups in total. The molecule has 0 radical (unpaired) electrons. The van der Waals surface area contributed by atoms with E-state index < -0.39 is 35.2 Å². The van der Waals surface area contributed by atoms with E-state index in [2.05, 4.69) is 4.74 Å². The second-order valence-electron chi connectivity index (χ2n) is 2.55. The maximum atomic E-state index is 13.0. The van der Waals surface area contributed by atoms with Crippen LogP contribution in [0.1, 0.15) is 0 Å². The normalized spacial score (nSPS) is 10.4. The molecule has 0 spiro atoms. The minimum atomic E-state index is -2.82. The lowest BCUT2D eigenvalue weighted by atomic mass is 10.3. The summed E-state index contributed by atoms with van der Waals surface area (Å²) in [5.74, 6) is -1.80. The highest BCUT2D eigenvalue weighted by atomic mass is 19.3. The van der Waals surface area contributed by atoms with E-state index in [0.29, 0.717) is 0 Å². The number of rotatable bonds is 4. The van der Waals surface area contributed by atoms with Crippen LogP contribution in [-0.4, -0.2) is 18.0 Å². The van der Waals surface area contributed by atoms with E-state index in [4.69, 9.17) is 0 Å². The van der Waals surface area contributed by atoms with Gasteiger partial charge in [0, 0.05) is 6.07 Å². The van der Waals surface area contributed by atoms with E-state index >= 15 is 0 Å². The second kappa shape index (κ2) is 4.63. The number of halogens is 3. The molecule has 0 unspecified atom stereocenters. The quantitative estimate of drug-likeness (QED) is 0.579. The third-order valence-corrected chi connectivity index (χ3v) is 1.50. The summed E-state index contributed by atoms with van der Waals surface area (Å²) in [6, 6.07) is 2.97. The van der Waals surface area contributed by atoms with Gasteiger partial charge in [0.15, 0.2) is 5.82 Å². The highest BCUT2D eigenvalue weighted by Gasteiger charge is 2.20. The van der Waals surface area contributed by atoms with Crippen molar-refractivity contribution in [2.24, 2.45) is 0 Å². The van der Waals surface area contributed by atoms with E-state index in [0.717, 1.165) is 18.2 Å². The van der Waals surface area contributed by atoms with Gasteiger partial charge in [-0.15, -0.1) is 0 Å². The molecule has 0 fully saturated rings. The lowest BCUT2D eigenvalue weighted by molar-refractivity contribution is -0.386. The molecule has 0 bridgehead atoms. The van der Waals surface area contributed by atoms with Gasteiger partial charge >= 0.3 is 5.69 Å². The largest absolute Gasteiger partial charge is 0.479 e. The van der Waals surface area contributed by atoms with Gasteiger partial charge in [-0.05, 0) is 6.07 Å². The molecular formula is C8H6F3NO3. The Morgan fingerprint density at radius 2 is 2.13 bits per heavy atom. The van der Waals surface area contributed by atoms with Gasteiger partial charge in [0.25, 0.3) is 6.43 Å². The predicted octanol–water partition coefficient (Wildman–Crippen LogP) is 2.38. The zero-order valence-corrected chi connectivity index (χ0v) is 7.32. The van der Waals surface area contributed by atoms with Crippen LogP contribution in [0.2, 0.25) is 0 Å². The summed E-state index contributed by atoms with van der Waals surface area (Å²) < 4.78 is 40.8. The molecule has 15 heavy (non-hydrogen) atoms. The molecule has 0 heterocycles. The molecule has 4 nitrogen and oxygen atoms in total. The van der Waals surface area contributed by atoms with Crippen LogP contribution in [0.15, 0.2) is 18.2 Å². The maximum absolute atomic E-state index is 13.0. The SMILES string of the molecule is O=[N+]([O-])c1cccc(F)c1OCC(F)F. The fourth-order valence-electron chi connectivity index (χ4n) is 0.930. The van der Waals surface area contributed by atoms with Gasteiger partial charge in [-0.3, -0.25) is 10.1 Å². The van der Waals surface area contributed by atoms with Crippen molar-refractivity contribution in [3.8, 4) is 5.75 Å². The minimum Gasteiger partial charge on any atom is -0.479 e. The molecule has 0 atom stereocenters. The number of para-hydroxylation sites is 1. The lowest BCUT2D eigenvalue weighted by Crippen LogP contribution is -2.09. The number of nitro groups is 1. The molecule has 0 aliphatic heterocycles. The second-order valence-corrected chi connectivity index (χ2v) is 2.55. The monoisotopic (exact) mass is 221 g/mol. The Balaban J connectivity index is 2.97. The van der Waals surface area contributed by atoms with Crippen LogP contribution >= 0.6 is 0 Å². The van der Waals surface area contributed by atoms with E-state index in [9.17, 15) is 23.3 Å². The number of hydrogen-bond donors (Lipinski definition) is 0. The average Bonchev–Trinajstić information content (AvgIpc) is 2.15. The topological polar surface area (TPSA) is 52.4 Å². The van der Waals surface area contributed by atoms with Crippen LogP contribution in [0, 0.1) is 15.9 Å². The van der Waals surface area contributed by atoms with E-state index in [-0.39, 0.29) is 0 Å². The molecule has 1 aromatic carbocycles. The molecule has 0 aromatic heterocycles. The van der Waals surface area contributed by atoms with Gasteiger partial charge in [0.2, 0.25) is 5.75 Å². The van der Waals surface area contributed by atoms with Crippen LogP contribution in [0.3, 0.4) is 0 Å². The molecule has 0 saturated carbocycles. The Hall–Kier alpha value is -1.79. The first-order valence-electron chi connectivity index (χ1n) is 3.86. The molecule has 0 aliphatic carbocycles. The number of benzene rings is 1. The summed E-state index contributed by atoms with van der Waals surface area (Å²) in [4.78, 5) is 9.49. The lowest BCUT2D eigenvalue weighted by Gasteiger charge is -2.06. The Bertz CT molecular complexity index is 370. The first-order valence-corrected chi connectivity index (χ1v) is 3.86. The maximum Gasteiger partial charge on any atom is 0.314 e. The minimum absolute atomic E-state index is 0.671. The van der Waals surface area contributed by atoms with Crippen molar-refractivity contribution in [3.63, 3.8) is 0 Å². The number of nitro benzene ring substituents is 1. The summed E-state index contributed by atoms with van der Waals surface area (Å²) in [7, 11) is 0. The van der Waals surface area contributed by atoms with Crippen LogP contribution in [0.4, 0.5) is 18.9 Å². The van der Waals surface area contributed by atoms with E-state index in [1.807, 2.05) is 0 Å². The van der Waals surface area contributed by atoms with Crippen molar-refractivity contribution in [1.29, 1.82) is 0 Å². The highest BCUT2D eigenvalue weighted by Crippen LogP contribution is 2.29. The molecule has 0 amide bonds. The molecule has 1 aromatic rings. The Morgan fingerprint density at radius 3 is 2.67 bits per heavy atom. The molecule has 82 valence electrons. The van der Waals surface area contributed by atoms with Gasteiger partial charge in [-0.25, -0.2) is 13.2 Å². The van der Waals surface area contributed by atoms with Gasteiger partial charge < -0.3 is 4.74 Å². The Morgan fingerprint density at radius 1 is 1.47 bits per heavy atom. The number of hydrogen-bond acceptors (Lipinski definition) is 3. The Labute approximate surface area is 82.4 Å². The van der Waals surface area contributed by atoms with Crippen molar-refractivity contribution in [2.75, 3.05) is 6.61 Å². The number of nitrogens with zero attached hydrogens (tertiary/aromatic N) is 1. The van der Waals surface area contributed by atoms with Crippen LogP contribution in [-0.2, 0) is 0 Å². The first kappa shape index (κ1) is 11.3. The van der Waals surface area contributed by atoms with E-state index in [1.54, 1.807) is 0 Å². The molecule has 7 heteroatoms. The summed E-state index contributed by atoms with van der Waals surface area (Å²) in [6.07, 6.45) is -2.82. The molecular weight excluding hydrogens is 215 g/mol. The van der Waals surface area contributed by atoms with Gasteiger partial charge in [0.05, 0.1) is 4.92 Å². The third-order valence-electron chi connectivity index (χ3n) is 1.50. The highest BCUT2D eigenvalue weighted by molar-refractivity contribution is 5.46. The van der Waals surface area contributed by atoms with Crippen LogP contribution in [0.5, 0.6) is 5.75 Å². The fourth-order valence-corrected chi connectivity index (χ4v) is 0.930. The average molecular weight is 221 g/mol. The molecule has 0 aliphatic rings. The summed E-state index contributed by atoms with van der Waals surface area (Å²) in [5, 5.41) is 10.4. The fraction of sp³-hybridized carbons (Fsp3) is 0.250. The zero-order chi connectivity index (χ0) is 11.4. The van der Waals surface area contributed by atoms with Gasteiger partial charge in [-0.2, -0.15) is 0 Å². The van der Waals surface area contributed by atoms with Crippen molar-refractivity contribution in [2.45, 2.75) is 6.43 Å². The standard InChI is InChI=1S/C8H6F3NO3/c9-5-2-1-3-6(12(13)14)8(5)15-4-7(10)11/h1-3,7H,4H2. The molecule has 1 rings (SSSR count). The number of ether oxygens (including phenoxy) is 1. The van der Waals surface area contributed by atoms with Gasteiger partial charge in [0.1, 0.15) is 6.61 Å². The van der Waals surface area contributed by atoms with Crippen LogP contribution in [0.25, 0.3) is 0 Å². The number of alkyl halides is 2. The third kappa shape index (κ3) is 2.83. The predicted molar refractivity (Wildman–Crippen MR) is 44.6 cm³/mol. The van der Waals surface area contributed by atoms with E-state index in [1.165, 1.54) is 0 Å². The van der Waals surface area contributed by atoms with Crippen molar-refractivity contribution in [3.05, 3.63) is 34.1 Å². The summed E-state index contributed by atoms with van der Waals surface area (Å²) in [5.41, 5.74) is -0.671. The van der Waals surface area contributed by atoms with Crippen molar-refractivity contribution < 1.29 is 22.8 Å². The first-order chi connectivity index (χ1) is 7.02. The van der Waals surface area contributed by atoms with Crippen LogP contribution < -0.4 is 4.74 Å². The van der Waals surface area contributed by atoms with Crippen molar-refractivity contribution in [1.82, 2.24) is 0 Å². The summed E-state index contributed by atoms with van der Waals surface area (Å²) >= 11 is 0. The Kier molecular flexibility index (Phi) is 3.48. The smallest absolute Gasteiger partial charge is 0.314 e. The summed E-state index contributed by atoms with van der Waals surface area (Å²) in [6.45, 7) is -1.08. The molecule has 0 saturated heterocycles.